The SMILES string of the molecule is COc1ccc(CNC(=O)C(Cc2ccccc2)N(Cc2ccccc2)C(=O)COc2ccc(S(=O)(=O)Nc3ccc(F)cc3)cc2)cc1. The van der Waals surface area contributed by atoms with Crippen LogP contribution in [-0.2, 0) is 39.1 Å². The summed E-state index contributed by atoms with van der Waals surface area (Å²) in [7, 11) is -2.37. The predicted molar refractivity (Wildman–Crippen MR) is 185 cm³/mol. The number of carbonyl (C=O) groups is 2. The summed E-state index contributed by atoms with van der Waals surface area (Å²) in [6.45, 7) is 0.00972. The van der Waals surface area contributed by atoms with Gasteiger partial charge in [0, 0.05) is 25.2 Å². The van der Waals surface area contributed by atoms with Crippen molar-refractivity contribution in [1.82, 2.24) is 10.2 Å². The van der Waals surface area contributed by atoms with Gasteiger partial charge in [-0.05, 0) is 77.4 Å². The van der Waals surface area contributed by atoms with Crippen LogP contribution in [0.15, 0.2) is 138 Å². The summed E-state index contributed by atoms with van der Waals surface area (Å²) >= 11 is 0. The number of hydrogen-bond donors (Lipinski definition) is 2. The summed E-state index contributed by atoms with van der Waals surface area (Å²) in [5, 5.41) is 3.00. The van der Waals surface area contributed by atoms with Crippen molar-refractivity contribution in [3.63, 3.8) is 0 Å². The molecular formula is C38H36FN3O6S. The van der Waals surface area contributed by atoms with E-state index in [1.54, 1.807) is 7.11 Å². The van der Waals surface area contributed by atoms with Gasteiger partial charge in [0.1, 0.15) is 23.4 Å². The van der Waals surface area contributed by atoms with Gasteiger partial charge in [-0.3, -0.25) is 14.3 Å². The van der Waals surface area contributed by atoms with E-state index in [0.29, 0.717) is 5.75 Å². The molecule has 5 aromatic carbocycles. The molecule has 5 rings (SSSR count). The molecule has 1 atom stereocenters. The number of sulfonamides is 1. The minimum Gasteiger partial charge on any atom is -0.497 e. The fourth-order valence-corrected chi connectivity index (χ4v) is 6.12. The topological polar surface area (TPSA) is 114 Å². The minimum absolute atomic E-state index is 0.0438. The molecule has 9 nitrogen and oxygen atoms in total. The van der Waals surface area contributed by atoms with Crippen LogP contribution >= 0.6 is 0 Å². The van der Waals surface area contributed by atoms with Crippen LogP contribution in [0.25, 0.3) is 0 Å². The third-order valence-electron chi connectivity index (χ3n) is 7.69. The van der Waals surface area contributed by atoms with E-state index in [1.165, 1.54) is 41.3 Å². The van der Waals surface area contributed by atoms with Gasteiger partial charge < -0.3 is 19.7 Å². The Morgan fingerprint density at radius 2 is 1.33 bits per heavy atom. The first kappa shape index (κ1) is 34.6. The van der Waals surface area contributed by atoms with E-state index < -0.39 is 34.4 Å². The second-order valence-electron chi connectivity index (χ2n) is 11.2. The highest BCUT2D eigenvalue weighted by Gasteiger charge is 2.30. The summed E-state index contributed by atoms with van der Waals surface area (Å²) < 4.78 is 52.4. The quantitative estimate of drug-likeness (QED) is 0.141. The van der Waals surface area contributed by atoms with Crippen molar-refractivity contribution in [1.29, 1.82) is 0 Å². The number of methoxy groups -OCH3 is 1. The van der Waals surface area contributed by atoms with E-state index in [1.807, 2.05) is 84.9 Å². The Kier molecular flexibility index (Phi) is 11.6. The first-order chi connectivity index (χ1) is 23.7. The standard InChI is InChI=1S/C38H36FN3O6S/c1-47-33-18-12-29(13-19-33)25-40-38(44)36(24-28-8-4-2-5-9-28)42(26-30-10-6-3-7-11-30)37(43)27-48-34-20-22-35(23-21-34)49(45,46)41-32-16-14-31(39)15-17-32/h2-23,36,41H,24-27H2,1H3,(H,40,44). The second-order valence-corrected chi connectivity index (χ2v) is 12.8. The van der Waals surface area contributed by atoms with Gasteiger partial charge in [-0.1, -0.05) is 72.8 Å². The number of nitrogens with zero attached hydrogens (tertiary/aromatic N) is 1. The monoisotopic (exact) mass is 681 g/mol. The molecule has 0 radical (unpaired) electrons. The van der Waals surface area contributed by atoms with Gasteiger partial charge >= 0.3 is 0 Å². The Hall–Kier alpha value is -5.68. The van der Waals surface area contributed by atoms with Crippen LogP contribution in [0.3, 0.4) is 0 Å². The lowest BCUT2D eigenvalue weighted by molar-refractivity contribution is -0.142. The highest BCUT2D eigenvalue weighted by atomic mass is 32.2. The Morgan fingerprint density at radius 3 is 1.94 bits per heavy atom. The second kappa shape index (κ2) is 16.4. The number of benzene rings is 5. The maximum absolute atomic E-state index is 13.9. The highest BCUT2D eigenvalue weighted by molar-refractivity contribution is 7.92. The molecule has 0 heterocycles. The molecule has 0 saturated heterocycles. The molecule has 5 aromatic rings. The first-order valence-electron chi connectivity index (χ1n) is 15.5. The van der Waals surface area contributed by atoms with Crippen molar-refractivity contribution >= 4 is 27.5 Å². The summed E-state index contributed by atoms with van der Waals surface area (Å²) in [5.74, 6) is -0.278. The zero-order valence-electron chi connectivity index (χ0n) is 26.8. The molecule has 0 aromatic heterocycles. The molecule has 0 saturated carbocycles. The van der Waals surface area contributed by atoms with Crippen molar-refractivity contribution in [2.24, 2.45) is 0 Å². The first-order valence-corrected chi connectivity index (χ1v) is 17.0. The van der Waals surface area contributed by atoms with E-state index in [-0.39, 0.29) is 41.7 Å². The van der Waals surface area contributed by atoms with Gasteiger partial charge in [-0.15, -0.1) is 0 Å². The highest BCUT2D eigenvalue weighted by Crippen LogP contribution is 2.21. The lowest BCUT2D eigenvalue weighted by Crippen LogP contribution is -2.51. The molecule has 2 amide bonds. The van der Waals surface area contributed by atoms with E-state index >= 15 is 0 Å². The van der Waals surface area contributed by atoms with Crippen LogP contribution in [-0.4, -0.2) is 44.9 Å². The molecule has 0 aliphatic carbocycles. The predicted octanol–water partition coefficient (Wildman–Crippen LogP) is 5.97. The van der Waals surface area contributed by atoms with Gasteiger partial charge in [0.2, 0.25) is 5.91 Å². The molecule has 11 heteroatoms. The van der Waals surface area contributed by atoms with Crippen LogP contribution in [0, 0.1) is 5.82 Å². The van der Waals surface area contributed by atoms with Crippen LogP contribution in [0.2, 0.25) is 0 Å². The molecule has 0 fully saturated rings. The van der Waals surface area contributed by atoms with E-state index in [0.717, 1.165) is 28.8 Å². The molecule has 2 N–H and O–H groups in total. The number of hydrogen-bond acceptors (Lipinski definition) is 6. The maximum Gasteiger partial charge on any atom is 0.261 e. The molecule has 0 spiro atoms. The number of anilines is 1. The number of halogens is 1. The van der Waals surface area contributed by atoms with Gasteiger partial charge in [0.25, 0.3) is 15.9 Å². The van der Waals surface area contributed by atoms with E-state index in [9.17, 15) is 22.4 Å². The van der Waals surface area contributed by atoms with Gasteiger partial charge in [-0.25, -0.2) is 12.8 Å². The average Bonchev–Trinajstić information content (AvgIpc) is 3.13. The smallest absolute Gasteiger partial charge is 0.261 e. The van der Waals surface area contributed by atoms with Crippen LogP contribution in [0.5, 0.6) is 11.5 Å². The van der Waals surface area contributed by atoms with Crippen molar-refractivity contribution < 1.29 is 31.9 Å². The number of rotatable bonds is 15. The van der Waals surface area contributed by atoms with Gasteiger partial charge in [-0.2, -0.15) is 0 Å². The summed E-state index contributed by atoms with van der Waals surface area (Å²) in [6, 6.07) is 35.9. The minimum atomic E-state index is -3.96. The molecule has 0 aliphatic heterocycles. The molecule has 1 unspecified atom stereocenters. The Balaban J connectivity index is 1.33. The largest absolute Gasteiger partial charge is 0.497 e. The Bertz CT molecular complexity index is 1920. The van der Waals surface area contributed by atoms with Crippen molar-refractivity contribution in [3.8, 4) is 11.5 Å². The molecule has 0 bridgehead atoms. The molecular weight excluding hydrogens is 645 g/mol. The molecule has 252 valence electrons. The number of carbonyl (C=O) groups excluding carboxylic acids is 2. The summed E-state index contributed by atoms with van der Waals surface area (Å²) in [4.78, 5) is 29.3. The molecule has 0 aliphatic rings. The number of amides is 2. The maximum atomic E-state index is 13.9. The zero-order valence-corrected chi connectivity index (χ0v) is 27.6. The van der Waals surface area contributed by atoms with Crippen molar-refractivity contribution in [2.75, 3.05) is 18.4 Å². The van der Waals surface area contributed by atoms with Gasteiger partial charge in [0.05, 0.1) is 12.0 Å². The fraction of sp³-hybridized carbons (Fsp3) is 0.158. The molecule has 49 heavy (non-hydrogen) atoms. The number of nitrogens with one attached hydrogen (secondary N) is 2. The lowest BCUT2D eigenvalue weighted by Gasteiger charge is -2.31. The third kappa shape index (κ3) is 9.91. The lowest BCUT2D eigenvalue weighted by atomic mass is 10.0. The summed E-state index contributed by atoms with van der Waals surface area (Å²) in [6.07, 6.45) is 0.265. The Morgan fingerprint density at radius 1 is 0.735 bits per heavy atom. The normalized spacial score (nSPS) is 11.6. The van der Waals surface area contributed by atoms with Crippen LogP contribution in [0.4, 0.5) is 10.1 Å². The van der Waals surface area contributed by atoms with E-state index in [2.05, 4.69) is 10.0 Å². The average molecular weight is 682 g/mol. The third-order valence-corrected chi connectivity index (χ3v) is 9.08. The van der Waals surface area contributed by atoms with Crippen molar-refractivity contribution in [2.45, 2.75) is 30.4 Å². The van der Waals surface area contributed by atoms with Crippen LogP contribution in [0.1, 0.15) is 16.7 Å². The van der Waals surface area contributed by atoms with E-state index in [4.69, 9.17) is 9.47 Å². The summed E-state index contributed by atoms with van der Waals surface area (Å²) in [5.41, 5.74) is 2.80. The number of ether oxygens (including phenoxy) is 2. The zero-order chi connectivity index (χ0) is 34.6. The van der Waals surface area contributed by atoms with Crippen LogP contribution < -0.4 is 19.5 Å². The fourth-order valence-electron chi connectivity index (χ4n) is 5.06. The van der Waals surface area contributed by atoms with Crippen molar-refractivity contribution in [3.05, 3.63) is 156 Å². The van der Waals surface area contributed by atoms with Gasteiger partial charge in [0.15, 0.2) is 6.61 Å². The Labute approximate surface area is 285 Å².